The lowest BCUT2D eigenvalue weighted by atomic mass is 9.55. The summed E-state index contributed by atoms with van der Waals surface area (Å²) in [4.78, 5) is 27.2. The first-order valence-corrected chi connectivity index (χ1v) is 9.62. The van der Waals surface area contributed by atoms with Crippen LogP contribution in [0, 0.1) is 22.7 Å². The van der Waals surface area contributed by atoms with E-state index in [1.54, 1.807) is 0 Å². The van der Waals surface area contributed by atoms with Crippen molar-refractivity contribution in [1.29, 1.82) is 5.26 Å². The highest BCUT2D eigenvalue weighted by molar-refractivity contribution is 6.14. The van der Waals surface area contributed by atoms with E-state index >= 15 is 0 Å². The molecule has 8 nitrogen and oxygen atoms in total. The molecular formula is C20H17F3N2O6. The van der Waals surface area contributed by atoms with Crippen molar-refractivity contribution in [3.63, 3.8) is 0 Å². The number of carbonyl (C=O) groups excluding carboxylic acids is 1. The zero-order valence-electron chi connectivity index (χ0n) is 16.1. The first-order valence-electron chi connectivity index (χ1n) is 9.62. The van der Waals surface area contributed by atoms with E-state index in [1.165, 1.54) is 13.0 Å². The van der Waals surface area contributed by atoms with Gasteiger partial charge in [-0.1, -0.05) is 0 Å². The minimum atomic E-state index is -4.86. The monoisotopic (exact) mass is 438 g/mol. The van der Waals surface area contributed by atoms with Crippen LogP contribution in [0.3, 0.4) is 0 Å². The first kappa shape index (κ1) is 20.2. The number of fused-ring (bicyclic) bond motifs is 2. The smallest absolute Gasteiger partial charge is 0.417 e. The number of halogens is 3. The molecule has 2 bridgehead atoms. The Labute approximate surface area is 173 Å². The largest absolute Gasteiger partial charge is 0.480 e. The molecule has 4 fully saturated rings. The zero-order valence-corrected chi connectivity index (χ0v) is 16.1. The second-order valence-electron chi connectivity index (χ2n) is 8.61. The number of aliphatic hydroxyl groups is 1. The van der Waals surface area contributed by atoms with Crippen LogP contribution >= 0.6 is 0 Å². The summed E-state index contributed by atoms with van der Waals surface area (Å²) in [6.45, 7) is 1.43. The number of nitriles is 1. The summed E-state index contributed by atoms with van der Waals surface area (Å²) in [7, 11) is 0. The Morgan fingerprint density at radius 3 is 2.71 bits per heavy atom. The minimum Gasteiger partial charge on any atom is -0.480 e. The van der Waals surface area contributed by atoms with E-state index in [0.717, 1.165) is 17.0 Å². The van der Waals surface area contributed by atoms with Crippen LogP contribution in [0.1, 0.15) is 30.9 Å². The summed E-state index contributed by atoms with van der Waals surface area (Å²) in [6.07, 6.45) is -6.93. The molecule has 1 amide bonds. The van der Waals surface area contributed by atoms with Gasteiger partial charge in [0.15, 0.2) is 5.41 Å². The normalized spacial score (nSPS) is 40.7. The highest BCUT2D eigenvalue weighted by Crippen LogP contribution is 2.71. The van der Waals surface area contributed by atoms with Crippen LogP contribution in [-0.4, -0.2) is 52.2 Å². The summed E-state index contributed by atoms with van der Waals surface area (Å²) >= 11 is 0. The van der Waals surface area contributed by atoms with Gasteiger partial charge in [0.05, 0.1) is 41.4 Å². The van der Waals surface area contributed by atoms with Gasteiger partial charge in [0, 0.05) is 18.5 Å². The summed E-state index contributed by atoms with van der Waals surface area (Å²) in [5.74, 6) is -3.54. The number of carboxylic acid groups (broad SMARTS) is 1. The van der Waals surface area contributed by atoms with Gasteiger partial charge in [-0.3, -0.25) is 14.5 Å². The minimum absolute atomic E-state index is 0.0753. The van der Waals surface area contributed by atoms with Crippen LogP contribution in [0.5, 0.6) is 0 Å². The molecule has 5 rings (SSSR count). The molecule has 0 aromatic heterocycles. The van der Waals surface area contributed by atoms with Gasteiger partial charge in [-0.2, -0.15) is 18.4 Å². The molecule has 6 atom stereocenters. The Balaban J connectivity index is 1.72. The summed E-state index contributed by atoms with van der Waals surface area (Å²) in [6, 6.07) is 4.22. The van der Waals surface area contributed by atoms with Gasteiger partial charge >= 0.3 is 12.1 Å². The van der Waals surface area contributed by atoms with Crippen LogP contribution in [0.4, 0.5) is 18.9 Å². The van der Waals surface area contributed by atoms with Crippen LogP contribution < -0.4 is 4.90 Å². The van der Waals surface area contributed by atoms with Gasteiger partial charge in [0.1, 0.15) is 11.8 Å². The molecule has 1 spiro atoms. The molecule has 4 aliphatic heterocycles. The lowest BCUT2D eigenvalue weighted by molar-refractivity contribution is -0.174. The van der Waals surface area contributed by atoms with Crippen LogP contribution in [0.2, 0.25) is 0 Å². The SMILES string of the molecule is C[C@]12O[C@@]3(CCO[C@H]4[C@@H]3[C@]1(C(=O)O)C(=O)N4c1ccc(C#N)c(C(F)(F)F)c1)C[C@H]2O. The van der Waals surface area contributed by atoms with Crippen molar-refractivity contribution in [3.8, 4) is 6.07 Å². The highest BCUT2D eigenvalue weighted by Gasteiger charge is 2.88. The van der Waals surface area contributed by atoms with Crippen molar-refractivity contribution in [1.82, 2.24) is 0 Å². The van der Waals surface area contributed by atoms with Crippen LogP contribution in [0.15, 0.2) is 18.2 Å². The number of carboxylic acids is 1. The lowest BCUT2D eigenvalue weighted by Crippen LogP contribution is -2.63. The van der Waals surface area contributed by atoms with Crippen molar-refractivity contribution in [3.05, 3.63) is 29.3 Å². The van der Waals surface area contributed by atoms with E-state index in [4.69, 9.17) is 14.7 Å². The summed E-state index contributed by atoms with van der Waals surface area (Å²) in [5.41, 5.74) is -7.21. The Kier molecular flexibility index (Phi) is 3.76. The molecule has 0 unspecified atom stereocenters. The van der Waals surface area contributed by atoms with E-state index < -0.39 is 64.0 Å². The number of benzene rings is 1. The van der Waals surface area contributed by atoms with Crippen molar-refractivity contribution in [2.24, 2.45) is 11.3 Å². The molecule has 31 heavy (non-hydrogen) atoms. The number of hydrogen-bond acceptors (Lipinski definition) is 6. The molecule has 4 heterocycles. The Morgan fingerprint density at radius 1 is 1.39 bits per heavy atom. The molecule has 0 aliphatic carbocycles. The van der Waals surface area contributed by atoms with E-state index in [2.05, 4.69) is 0 Å². The molecule has 0 saturated carbocycles. The number of rotatable bonds is 2. The number of aliphatic hydroxyl groups excluding tert-OH is 1. The predicted octanol–water partition coefficient (Wildman–Crippen LogP) is 1.65. The van der Waals surface area contributed by atoms with Crippen molar-refractivity contribution < 1.29 is 42.4 Å². The van der Waals surface area contributed by atoms with Crippen LogP contribution in [0.25, 0.3) is 0 Å². The van der Waals surface area contributed by atoms with E-state index in [0.29, 0.717) is 6.07 Å². The van der Waals surface area contributed by atoms with Crippen LogP contribution in [-0.2, 0) is 25.2 Å². The average Bonchev–Trinajstić information content (AvgIpc) is 3.21. The quantitative estimate of drug-likeness (QED) is 0.674. The molecule has 11 heteroatoms. The van der Waals surface area contributed by atoms with Gasteiger partial charge in [-0.25, -0.2) is 0 Å². The Bertz CT molecular complexity index is 1070. The molecule has 1 aromatic carbocycles. The number of ether oxygens (including phenoxy) is 2. The first-order chi connectivity index (χ1) is 14.4. The third-order valence-electron chi connectivity index (χ3n) is 7.36. The van der Waals surface area contributed by atoms with Gasteiger partial charge in [-0.05, 0) is 25.1 Å². The average molecular weight is 438 g/mol. The molecule has 0 radical (unpaired) electrons. The maximum absolute atomic E-state index is 13.7. The number of nitrogens with zero attached hydrogens (tertiary/aromatic N) is 2. The topological polar surface area (TPSA) is 120 Å². The molecular weight excluding hydrogens is 421 g/mol. The molecule has 2 N–H and O–H groups in total. The van der Waals surface area contributed by atoms with Crippen molar-refractivity contribution in [2.75, 3.05) is 11.5 Å². The van der Waals surface area contributed by atoms with E-state index in [-0.39, 0.29) is 25.1 Å². The number of aliphatic carboxylic acids is 1. The second-order valence-corrected chi connectivity index (χ2v) is 8.61. The maximum atomic E-state index is 13.7. The number of amides is 1. The lowest BCUT2D eigenvalue weighted by Gasteiger charge is -2.44. The number of anilines is 1. The summed E-state index contributed by atoms with van der Waals surface area (Å²) in [5, 5.41) is 29.9. The molecule has 4 saturated heterocycles. The fourth-order valence-corrected chi connectivity index (χ4v) is 6.11. The van der Waals surface area contributed by atoms with Crippen molar-refractivity contribution >= 4 is 17.6 Å². The Morgan fingerprint density at radius 2 is 2.10 bits per heavy atom. The van der Waals surface area contributed by atoms with Gasteiger partial charge in [0.2, 0.25) is 5.91 Å². The number of alkyl halides is 3. The van der Waals surface area contributed by atoms with E-state index in [1.807, 2.05) is 0 Å². The second kappa shape index (κ2) is 5.76. The number of carbonyl (C=O) groups is 2. The van der Waals surface area contributed by atoms with E-state index in [9.17, 15) is 33.0 Å². The molecule has 164 valence electrons. The highest BCUT2D eigenvalue weighted by atomic mass is 19.4. The van der Waals surface area contributed by atoms with Crippen molar-refractivity contribution in [2.45, 2.75) is 49.5 Å². The molecule has 4 aliphatic rings. The maximum Gasteiger partial charge on any atom is 0.417 e. The third kappa shape index (κ3) is 2.10. The third-order valence-corrected chi connectivity index (χ3v) is 7.36. The van der Waals surface area contributed by atoms with Gasteiger partial charge < -0.3 is 19.7 Å². The molecule has 1 aromatic rings. The predicted molar refractivity (Wildman–Crippen MR) is 94.4 cm³/mol. The number of hydrogen-bond donors (Lipinski definition) is 2. The van der Waals surface area contributed by atoms with Gasteiger partial charge in [0.25, 0.3) is 0 Å². The fourth-order valence-electron chi connectivity index (χ4n) is 6.11. The zero-order chi connectivity index (χ0) is 22.6. The standard InChI is InChI=1S/C20H17F3N2O6/c1-17-12(26)7-18(31-17)4-5-30-14-13(18)19(17,16(28)29)15(27)25(14)10-3-2-9(8-24)11(6-10)20(21,22)23/h2-3,6,12-14,26H,4-5,7H2,1H3,(H,28,29)/t12-,13+,14+,17-,18+,19-/m1/s1. The fraction of sp³-hybridized carbons (Fsp3) is 0.550. The summed E-state index contributed by atoms with van der Waals surface area (Å²) < 4.78 is 52.3. The van der Waals surface area contributed by atoms with Gasteiger partial charge in [-0.15, -0.1) is 0 Å². The Hall–Kier alpha value is -2.68.